The quantitative estimate of drug-likeness (QED) is 0.0266. The van der Waals surface area contributed by atoms with E-state index in [1.807, 2.05) is 93.6 Å². The normalized spacial score (nSPS) is 17.3. The van der Waals surface area contributed by atoms with Crippen molar-refractivity contribution >= 4 is 73.5 Å². The number of carbonyl (C=O) groups excluding carboxylic acids is 3. The fraction of sp³-hybridized carbons (Fsp3) is 0.349. The first kappa shape index (κ1) is 96.7. The molecule has 14 heterocycles. The summed E-state index contributed by atoms with van der Waals surface area (Å²) in [5.41, 5.74) is 16.9. The Morgan fingerprint density at radius 3 is 1.04 bits per heavy atom. The SMILES string of the molecule is O=C(C1CCC(O)CC1)N1CCC(c2[nH]n(-c3nc4ccccc4[nH]3)c(=O)c2CCc2ccc(F)cc2)CC1.O=C(C1CCOC1)N1CCC(c2[nH]n(-c3nc4ccccc4[nH]3)c(=O)c2CCc2ccc(F)cc2)CC1.O=C(c1ccoc1)N1CCC(c2[nH]n(-c3nc4ccccc4[nH]3)c(=O)c2CCc2ccc(F)cc2)CC1.O=c1c(CCc2ccc(F)cc2)c(C2CCNCC2)[nH]n1-c1nc2ccc(Cl)cc2[nH]1. The first-order valence-electron chi connectivity index (χ1n) is 49.9. The fourth-order valence-corrected chi connectivity index (χ4v) is 21.3. The van der Waals surface area contributed by atoms with Crippen LogP contribution in [0.25, 0.3) is 67.9 Å². The summed E-state index contributed by atoms with van der Waals surface area (Å²) >= 11 is 6.09. The summed E-state index contributed by atoms with van der Waals surface area (Å²) in [6.07, 6.45) is 17.5. The van der Waals surface area contributed by atoms with Crippen molar-refractivity contribution in [2.24, 2.45) is 11.8 Å². The molecule has 8 aromatic carbocycles. The highest BCUT2D eigenvalue weighted by atomic mass is 35.5. The van der Waals surface area contributed by atoms with Crippen LogP contribution in [0.1, 0.15) is 185 Å². The summed E-state index contributed by atoms with van der Waals surface area (Å²) < 4.78 is 69.9. The molecule has 17 aromatic rings. The molecule has 9 aromatic heterocycles. The summed E-state index contributed by atoms with van der Waals surface area (Å²) in [6, 6.07) is 55.7. The number of benzene rings is 8. The van der Waals surface area contributed by atoms with Crippen molar-refractivity contribution in [2.45, 2.75) is 165 Å². The number of aromatic amines is 8. The van der Waals surface area contributed by atoms with Gasteiger partial charge in [0.2, 0.25) is 35.6 Å². The van der Waals surface area contributed by atoms with Crippen LogP contribution < -0.4 is 27.6 Å². The van der Waals surface area contributed by atoms with Gasteiger partial charge < -0.3 is 54.2 Å². The zero-order chi connectivity index (χ0) is 99.0. The number of aliphatic hydroxyl groups is 1. The molecule has 1 saturated carbocycles. The van der Waals surface area contributed by atoms with E-state index in [2.05, 4.69) is 65.6 Å². The highest BCUT2D eigenvalue weighted by Gasteiger charge is 2.38. The van der Waals surface area contributed by atoms with Gasteiger partial charge in [-0.25, -0.2) is 37.5 Å². The summed E-state index contributed by atoms with van der Waals surface area (Å²) in [6.45, 7) is 6.82. The van der Waals surface area contributed by atoms with E-state index in [0.29, 0.717) is 162 Å². The number of furan rings is 1. The minimum Gasteiger partial charge on any atom is -0.472 e. The van der Waals surface area contributed by atoms with Crippen LogP contribution in [0.4, 0.5) is 17.6 Å². The molecular formula is C109H113ClF4N20O10. The Morgan fingerprint density at radius 2 is 0.701 bits per heavy atom. The Kier molecular flexibility index (Phi) is 29.3. The van der Waals surface area contributed by atoms with Crippen molar-refractivity contribution in [3.05, 3.63) is 349 Å². The number of nitrogens with zero attached hydrogens (tertiary/aromatic N) is 11. The Hall–Kier alpha value is -14.7. The number of nitrogens with one attached hydrogen (secondary N) is 9. The maximum atomic E-state index is 13.7. The van der Waals surface area contributed by atoms with Gasteiger partial charge in [0.25, 0.3) is 28.1 Å². The van der Waals surface area contributed by atoms with Gasteiger partial charge in [-0.15, -0.1) is 0 Å². The number of aryl methyl sites for hydroxylation is 4. The molecule has 35 heteroatoms. The third kappa shape index (κ3) is 21.8. The number of fused-ring (bicyclic) bond motifs is 4. The zero-order valence-electron chi connectivity index (χ0n) is 79.5. The van der Waals surface area contributed by atoms with Crippen molar-refractivity contribution in [2.75, 3.05) is 65.6 Å². The fourth-order valence-electron chi connectivity index (χ4n) is 21.2. The molecule has 6 fully saturated rings. The van der Waals surface area contributed by atoms with Gasteiger partial charge in [0, 0.05) is 126 Å². The number of hydrogen-bond acceptors (Lipinski definition) is 15. The maximum Gasteiger partial charge on any atom is 0.277 e. The van der Waals surface area contributed by atoms with Gasteiger partial charge in [-0.3, -0.25) is 54.0 Å². The summed E-state index contributed by atoms with van der Waals surface area (Å²) in [7, 11) is 0. The van der Waals surface area contributed by atoms with Gasteiger partial charge >= 0.3 is 0 Å². The van der Waals surface area contributed by atoms with Crippen LogP contribution in [0.15, 0.2) is 230 Å². The number of carbonyl (C=O) groups is 3. The molecule has 0 spiro atoms. The van der Waals surface area contributed by atoms with Gasteiger partial charge in [-0.05, 0) is 279 Å². The minimum absolute atomic E-state index is 0.00481. The molecule has 30 nitrogen and oxygen atoms in total. The van der Waals surface area contributed by atoms with Crippen molar-refractivity contribution in [3.8, 4) is 23.8 Å². The van der Waals surface area contributed by atoms with Crippen LogP contribution in [0.5, 0.6) is 0 Å². The van der Waals surface area contributed by atoms with Gasteiger partial charge in [0.05, 0.1) is 74.6 Å². The first-order chi connectivity index (χ1) is 70.2. The Labute approximate surface area is 829 Å². The average molecular weight is 1970 g/mol. The average Bonchev–Trinajstić information content (AvgIpc) is 1.65. The number of likely N-dealkylation sites (tertiary alicyclic amines) is 3. The number of aliphatic hydroxyl groups excluding tert-OH is 1. The highest BCUT2D eigenvalue weighted by molar-refractivity contribution is 6.31. The second-order valence-electron chi connectivity index (χ2n) is 38.4. The van der Waals surface area contributed by atoms with E-state index in [0.717, 1.165) is 184 Å². The third-order valence-electron chi connectivity index (χ3n) is 29.3. The number of amides is 3. The topological polar surface area (TPSA) is 381 Å². The first-order valence-corrected chi connectivity index (χ1v) is 50.2. The molecule has 5 saturated heterocycles. The summed E-state index contributed by atoms with van der Waals surface area (Å²) in [5.74, 6) is 1.63. The number of piperidine rings is 4. The Morgan fingerprint density at radius 1 is 0.368 bits per heavy atom. The number of imidazole rings is 4. The van der Waals surface area contributed by atoms with E-state index >= 15 is 0 Å². The predicted octanol–water partition coefficient (Wildman–Crippen LogP) is 16.6. The Bertz CT molecular complexity index is 7510. The molecule has 144 heavy (non-hydrogen) atoms. The zero-order valence-corrected chi connectivity index (χ0v) is 80.3. The van der Waals surface area contributed by atoms with Crippen LogP contribution >= 0.6 is 11.6 Å². The minimum atomic E-state index is -0.282. The molecule has 10 N–H and O–H groups in total. The molecule has 1 aliphatic carbocycles. The lowest BCUT2D eigenvalue weighted by Gasteiger charge is -2.35. The third-order valence-corrected chi connectivity index (χ3v) is 29.5. The molecule has 23 rings (SSSR count). The molecule has 0 radical (unpaired) electrons. The lowest BCUT2D eigenvalue weighted by Crippen LogP contribution is -2.42. The second-order valence-corrected chi connectivity index (χ2v) is 38.8. The van der Waals surface area contributed by atoms with E-state index in [-0.39, 0.29) is 105 Å². The van der Waals surface area contributed by atoms with Crippen molar-refractivity contribution in [3.63, 3.8) is 0 Å². The number of rotatable bonds is 23. The predicted molar refractivity (Wildman–Crippen MR) is 540 cm³/mol. The smallest absolute Gasteiger partial charge is 0.277 e. The molecular weight excluding hydrogens is 1860 g/mol. The molecule has 744 valence electrons. The number of halogens is 5. The molecule has 1 unspecified atom stereocenters. The summed E-state index contributed by atoms with van der Waals surface area (Å²) in [5, 5.41) is 27.2. The number of aromatic nitrogens is 16. The standard InChI is InChI=1S/C30H34FN5O3.C28H30FN5O3.C28H26FN5O3.C23H23ClFN5O/c31-22-10-5-19(6-11-22)7-14-24-27(34-36(29(24)39)30-32-25-3-1-2-4-26(25)33-30)20-15-17-35(18-16-20)28(38)21-8-12-23(37)13-9-21;2*29-21-8-5-18(6-9-21)7-10-22-25(19-11-14-33(15-12-19)26(35)20-13-16-37-17-20)32-34(27(22)36)28-30-23-3-1-2-4-24(23)31-28;24-16-4-8-19-20(13-16)28-23(27-19)30-22(31)18(7-3-14-1-5-17(25)6-2-14)21(29-30)15-9-11-26-12-10-15/h1-6,10-11,20-21,23,34,37H,7-9,12-18H2,(H,32,33);1-6,8-9,19-20,32H,7,10-17H2,(H,30,31);1-6,8-9,13,16-17,19,32H,7,10-12,14-15H2,(H,30,31);1-2,4-6,8,13,15,26,29H,3,7,9-12H2,(H,27,28). The van der Waals surface area contributed by atoms with Gasteiger partial charge in [0.1, 0.15) is 29.5 Å². The van der Waals surface area contributed by atoms with Crippen molar-refractivity contribution in [1.82, 2.24) is 99.0 Å². The lowest BCUT2D eigenvalue weighted by molar-refractivity contribution is -0.138. The van der Waals surface area contributed by atoms with Crippen molar-refractivity contribution in [1.29, 1.82) is 0 Å². The molecule has 1 atom stereocenters. The Balaban J connectivity index is 0.000000118. The van der Waals surface area contributed by atoms with E-state index in [1.54, 1.807) is 66.7 Å². The van der Waals surface area contributed by atoms with Gasteiger partial charge in [-0.1, -0.05) is 96.5 Å². The van der Waals surface area contributed by atoms with Gasteiger partial charge in [0.15, 0.2) is 0 Å². The lowest BCUT2D eigenvalue weighted by atomic mass is 9.85. The van der Waals surface area contributed by atoms with Crippen LogP contribution in [0.2, 0.25) is 5.02 Å². The van der Waals surface area contributed by atoms with Crippen LogP contribution in [0, 0.1) is 35.1 Å². The molecule has 3 amide bonds. The maximum absolute atomic E-state index is 13.7. The van der Waals surface area contributed by atoms with E-state index < -0.39 is 0 Å². The number of H-pyrrole nitrogens is 8. The molecule has 5 aliphatic heterocycles. The number of ether oxygens (including phenoxy) is 1. The second kappa shape index (κ2) is 43.6. The van der Waals surface area contributed by atoms with E-state index in [9.17, 15) is 56.2 Å². The molecule has 0 bridgehead atoms. The van der Waals surface area contributed by atoms with Crippen LogP contribution in [-0.4, -0.2) is 188 Å². The highest BCUT2D eigenvalue weighted by Crippen LogP contribution is 2.38. The van der Waals surface area contributed by atoms with Gasteiger partial charge in [-0.2, -0.15) is 18.7 Å². The monoisotopic (exact) mass is 1970 g/mol. The summed E-state index contributed by atoms with van der Waals surface area (Å²) in [4.78, 5) is 130. The number of para-hydroxylation sites is 6. The van der Waals surface area contributed by atoms with Crippen molar-refractivity contribution < 1.29 is 46.2 Å². The number of hydrogen-bond donors (Lipinski definition) is 10. The molecule has 6 aliphatic rings. The van der Waals surface area contributed by atoms with Crippen LogP contribution in [0.3, 0.4) is 0 Å². The van der Waals surface area contributed by atoms with E-state index in [4.69, 9.17) is 20.8 Å². The largest absolute Gasteiger partial charge is 0.472 e. The van der Waals surface area contributed by atoms with Crippen LogP contribution in [-0.2, 0) is 65.7 Å². The van der Waals surface area contributed by atoms with E-state index in [1.165, 1.54) is 79.8 Å².